The molecule has 0 spiro atoms. The zero-order valence-electron chi connectivity index (χ0n) is 9.30. The largest absolute Gasteiger partial charge is 0.360 e. The highest BCUT2D eigenvalue weighted by molar-refractivity contribution is 9.11. The van der Waals surface area contributed by atoms with Crippen LogP contribution in [0.1, 0.15) is 25.7 Å². The lowest BCUT2D eigenvalue weighted by atomic mass is 10.2. The first-order valence-electron chi connectivity index (χ1n) is 5.68. The second-order valence-corrected chi connectivity index (χ2v) is 6.29. The van der Waals surface area contributed by atoms with Gasteiger partial charge in [-0.25, -0.2) is 0 Å². The van der Waals surface area contributed by atoms with Crippen LogP contribution in [0.25, 0.3) is 0 Å². The van der Waals surface area contributed by atoms with Crippen molar-refractivity contribution in [2.75, 3.05) is 5.32 Å². The third kappa shape index (κ3) is 3.66. The van der Waals surface area contributed by atoms with Gasteiger partial charge in [-0.05, 0) is 69.1 Å². The predicted octanol–water partition coefficient (Wildman–Crippen LogP) is 4.44. The molecule has 0 unspecified atom stereocenters. The maximum absolute atomic E-state index is 5.33. The second-order valence-electron chi connectivity index (χ2n) is 4.18. The Hall–Kier alpha value is -0.130. The molecule has 1 aliphatic carbocycles. The molecule has 17 heavy (non-hydrogen) atoms. The van der Waals surface area contributed by atoms with Crippen molar-refractivity contribution in [3.8, 4) is 0 Å². The van der Waals surface area contributed by atoms with Gasteiger partial charge in [0.25, 0.3) is 0 Å². The van der Waals surface area contributed by atoms with Crippen molar-refractivity contribution < 1.29 is 0 Å². The number of hydrogen-bond donors (Lipinski definition) is 2. The van der Waals surface area contributed by atoms with Crippen LogP contribution in [0.4, 0.5) is 5.69 Å². The molecule has 0 bridgehead atoms. The molecule has 0 aliphatic heterocycles. The van der Waals surface area contributed by atoms with Crippen molar-refractivity contribution in [3.63, 3.8) is 0 Å². The summed E-state index contributed by atoms with van der Waals surface area (Å²) in [5, 5.41) is 7.29. The Balaban J connectivity index is 1.97. The summed E-state index contributed by atoms with van der Waals surface area (Å²) in [5.41, 5.74) is 0.975. The van der Waals surface area contributed by atoms with Gasteiger partial charge < -0.3 is 10.6 Å². The SMILES string of the molecule is S=C(Nc1c(Br)cccc1Br)NC1CCCC1. The first kappa shape index (κ1) is 13.3. The van der Waals surface area contributed by atoms with Crippen LogP contribution >= 0.6 is 44.1 Å². The molecule has 0 heterocycles. The molecule has 2 N–H and O–H groups in total. The Bertz CT molecular complexity index is 397. The number of anilines is 1. The van der Waals surface area contributed by atoms with E-state index in [-0.39, 0.29) is 0 Å². The lowest BCUT2D eigenvalue weighted by molar-refractivity contribution is 0.634. The first-order valence-corrected chi connectivity index (χ1v) is 7.68. The van der Waals surface area contributed by atoms with Gasteiger partial charge >= 0.3 is 0 Å². The Labute approximate surface area is 124 Å². The minimum Gasteiger partial charge on any atom is -0.360 e. The lowest BCUT2D eigenvalue weighted by Gasteiger charge is -2.17. The van der Waals surface area contributed by atoms with Crippen LogP contribution in [0.3, 0.4) is 0 Å². The summed E-state index contributed by atoms with van der Waals surface area (Å²) in [6.45, 7) is 0. The Morgan fingerprint density at radius 1 is 1.18 bits per heavy atom. The van der Waals surface area contributed by atoms with Crippen LogP contribution in [0, 0.1) is 0 Å². The molecule has 2 nitrogen and oxygen atoms in total. The molecule has 0 atom stereocenters. The lowest BCUT2D eigenvalue weighted by Crippen LogP contribution is -2.36. The van der Waals surface area contributed by atoms with E-state index in [4.69, 9.17) is 12.2 Å². The van der Waals surface area contributed by atoms with Crippen LogP contribution in [0.2, 0.25) is 0 Å². The maximum atomic E-state index is 5.33. The van der Waals surface area contributed by atoms with Crippen LogP contribution in [0.5, 0.6) is 0 Å². The average molecular weight is 378 g/mol. The highest BCUT2D eigenvalue weighted by atomic mass is 79.9. The zero-order chi connectivity index (χ0) is 12.3. The summed E-state index contributed by atoms with van der Waals surface area (Å²) in [6, 6.07) is 6.50. The molecule has 1 fully saturated rings. The van der Waals surface area contributed by atoms with E-state index in [0.717, 1.165) is 14.6 Å². The second kappa shape index (κ2) is 6.16. The minimum absolute atomic E-state index is 0.538. The first-order chi connectivity index (χ1) is 8.16. The van der Waals surface area contributed by atoms with Crippen LogP contribution in [-0.4, -0.2) is 11.2 Å². The summed E-state index contributed by atoms with van der Waals surface area (Å²) in [7, 11) is 0. The molecule has 1 saturated carbocycles. The normalized spacial score (nSPS) is 15.9. The molecular formula is C12H14Br2N2S. The average Bonchev–Trinajstić information content (AvgIpc) is 2.76. The molecule has 92 valence electrons. The molecule has 1 aliphatic rings. The highest BCUT2D eigenvalue weighted by Crippen LogP contribution is 2.30. The van der Waals surface area contributed by atoms with Crippen molar-refractivity contribution in [2.24, 2.45) is 0 Å². The van der Waals surface area contributed by atoms with Gasteiger partial charge in [0.05, 0.1) is 5.69 Å². The third-order valence-corrected chi connectivity index (χ3v) is 4.43. The number of rotatable bonds is 2. The Morgan fingerprint density at radius 2 is 1.76 bits per heavy atom. The van der Waals surface area contributed by atoms with Gasteiger partial charge in [0.2, 0.25) is 0 Å². The minimum atomic E-state index is 0.538. The fourth-order valence-corrected chi connectivity index (χ4v) is 3.49. The summed E-state index contributed by atoms with van der Waals surface area (Å²) in [4.78, 5) is 0. The van der Waals surface area contributed by atoms with E-state index in [0.29, 0.717) is 11.2 Å². The summed E-state index contributed by atoms with van der Waals surface area (Å²) in [5.74, 6) is 0. The quantitative estimate of drug-likeness (QED) is 0.745. The van der Waals surface area contributed by atoms with Crippen LogP contribution in [0.15, 0.2) is 27.1 Å². The van der Waals surface area contributed by atoms with E-state index in [1.165, 1.54) is 25.7 Å². The highest BCUT2D eigenvalue weighted by Gasteiger charge is 2.16. The van der Waals surface area contributed by atoms with Gasteiger partial charge in [-0.1, -0.05) is 18.9 Å². The van der Waals surface area contributed by atoms with Gasteiger partial charge in [-0.3, -0.25) is 0 Å². The number of benzene rings is 1. The van der Waals surface area contributed by atoms with E-state index in [1.807, 2.05) is 18.2 Å². The third-order valence-electron chi connectivity index (χ3n) is 2.89. The fourth-order valence-electron chi connectivity index (χ4n) is 2.02. The van der Waals surface area contributed by atoms with Crippen LogP contribution < -0.4 is 10.6 Å². The number of nitrogens with one attached hydrogen (secondary N) is 2. The Morgan fingerprint density at radius 3 is 2.35 bits per heavy atom. The smallest absolute Gasteiger partial charge is 0.171 e. The zero-order valence-corrected chi connectivity index (χ0v) is 13.3. The van der Waals surface area contributed by atoms with Crippen molar-refractivity contribution in [1.82, 2.24) is 5.32 Å². The Kier molecular flexibility index (Phi) is 4.82. The van der Waals surface area contributed by atoms with E-state index in [2.05, 4.69) is 42.5 Å². The molecule has 1 aromatic rings. The van der Waals surface area contributed by atoms with Gasteiger partial charge in [-0.15, -0.1) is 0 Å². The summed E-state index contributed by atoms with van der Waals surface area (Å²) in [6.07, 6.45) is 5.05. The van der Waals surface area contributed by atoms with Gasteiger partial charge in [-0.2, -0.15) is 0 Å². The molecule has 2 rings (SSSR count). The molecule has 0 radical (unpaired) electrons. The van der Waals surface area contributed by atoms with Crippen LogP contribution in [-0.2, 0) is 0 Å². The van der Waals surface area contributed by atoms with Gasteiger partial charge in [0.15, 0.2) is 5.11 Å². The standard InChI is InChI=1S/C12H14Br2N2S/c13-9-6-3-7-10(14)11(9)16-12(17)15-8-4-1-2-5-8/h3,6-8H,1-2,4-5H2,(H2,15,16,17). The number of para-hydroxylation sites is 1. The van der Waals surface area contributed by atoms with E-state index >= 15 is 0 Å². The number of thiocarbonyl (C=S) groups is 1. The van der Waals surface area contributed by atoms with E-state index < -0.39 is 0 Å². The monoisotopic (exact) mass is 376 g/mol. The van der Waals surface area contributed by atoms with Crippen molar-refractivity contribution >= 4 is 54.9 Å². The molecule has 1 aromatic carbocycles. The molecule has 0 saturated heterocycles. The fraction of sp³-hybridized carbons (Fsp3) is 0.417. The van der Waals surface area contributed by atoms with Gasteiger partial charge in [0, 0.05) is 15.0 Å². The van der Waals surface area contributed by atoms with E-state index in [9.17, 15) is 0 Å². The maximum Gasteiger partial charge on any atom is 0.171 e. The number of halogens is 2. The topological polar surface area (TPSA) is 24.1 Å². The van der Waals surface area contributed by atoms with Crippen molar-refractivity contribution in [2.45, 2.75) is 31.7 Å². The molecule has 0 aromatic heterocycles. The molecular weight excluding hydrogens is 364 g/mol. The number of hydrogen-bond acceptors (Lipinski definition) is 1. The van der Waals surface area contributed by atoms with Crippen molar-refractivity contribution in [1.29, 1.82) is 0 Å². The summed E-state index contributed by atoms with van der Waals surface area (Å²) < 4.78 is 2.00. The predicted molar refractivity (Wildman–Crippen MR) is 83.5 cm³/mol. The van der Waals surface area contributed by atoms with E-state index in [1.54, 1.807) is 0 Å². The summed E-state index contributed by atoms with van der Waals surface area (Å²) >= 11 is 12.3. The van der Waals surface area contributed by atoms with Crippen molar-refractivity contribution in [3.05, 3.63) is 27.1 Å². The molecule has 5 heteroatoms. The molecule has 0 amide bonds. The van der Waals surface area contributed by atoms with Gasteiger partial charge in [0.1, 0.15) is 0 Å².